The Morgan fingerprint density at radius 2 is 1.78 bits per heavy atom. The molecule has 3 aromatic rings. The summed E-state index contributed by atoms with van der Waals surface area (Å²) in [5.74, 6) is 0.424. The van der Waals surface area contributed by atoms with Crippen LogP contribution < -0.4 is 5.32 Å². The second-order valence-corrected chi connectivity index (χ2v) is 9.68. The second kappa shape index (κ2) is 12.5. The van der Waals surface area contributed by atoms with E-state index >= 15 is 0 Å². The second-order valence-electron chi connectivity index (χ2n) is 9.68. The van der Waals surface area contributed by atoms with Crippen LogP contribution in [0.25, 0.3) is 0 Å². The lowest BCUT2D eigenvalue weighted by Gasteiger charge is -2.29. The van der Waals surface area contributed by atoms with Crippen molar-refractivity contribution in [3.8, 4) is 0 Å². The van der Waals surface area contributed by atoms with Crippen LogP contribution in [0.15, 0.2) is 71.3 Å². The van der Waals surface area contributed by atoms with Crippen molar-refractivity contribution in [2.75, 3.05) is 25.0 Å². The van der Waals surface area contributed by atoms with Crippen LogP contribution in [0.2, 0.25) is 0 Å². The maximum atomic E-state index is 13.5. The molecule has 7 nitrogen and oxygen atoms in total. The molecule has 1 saturated heterocycles. The highest BCUT2D eigenvalue weighted by Gasteiger charge is 2.27. The third kappa shape index (κ3) is 7.67. The summed E-state index contributed by atoms with van der Waals surface area (Å²) < 4.78 is 24.7. The van der Waals surface area contributed by atoms with Crippen molar-refractivity contribution >= 4 is 17.6 Å². The zero-order valence-corrected chi connectivity index (χ0v) is 21.4. The smallest absolute Gasteiger partial charge is 0.322 e. The van der Waals surface area contributed by atoms with E-state index in [9.17, 15) is 14.0 Å². The van der Waals surface area contributed by atoms with Crippen molar-refractivity contribution in [1.82, 2.24) is 9.80 Å². The number of furan rings is 1. The van der Waals surface area contributed by atoms with Crippen molar-refractivity contribution < 1.29 is 23.1 Å². The lowest BCUT2D eigenvalue weighted by atomic mass is 10.0. The Bertz CT molecular complexity index is 1140. The van der Waals surface area contributed by atoms with E-state index in [1.165, 1.54) is 22.6 Å². The van der Waals surface area contributed by atoms with Crippen molar-refractivity contribution in [2.45, 2.75) is 51.8 Å². The standard InChI is InChI=1S/C29H34FN3O4/c1-21(2)23-9-13-25(14-10-23)31-29(35)33(19-27-6-4-16-37-27)20-28(34)32(18-26-5-3-15-36-26)17-22-7-11-24(30)12-8-22/h3,5,7-15,21,27H,4,6,16-20H2,1-2H3,(H,31,35). The van der Waals surface area contributed by atoms with E-state index in [0.717, 1.165) is 18.4 Å². The minimum atomic E-state index is -0.360. The Morgan fingerprint density at radius 1 is 1.03 bits per heavy atom. The molecule has 1 aromatic heterocycles. The van der Waals surface area contributed by atoms with Gasteiger partial charge in [0.05, 0.1) is 18.9 Å². The minimum Gasteiger partial charge on any atom is -0.467 e. The number of nitrogens with zero attached hydrogens (tertiary/aromatic N) is 2. The Kier molecular flexibility index (Phi) is 8.95. The van der Waals surface area contributed by atoms with Crippen LogP contribution in [0.1, 0.15) is 49.5 Å². The molecule has 0 bridgehead atoms. The highest BCUT2D eigenvalue weighted by Crippen LogP contribution is 2.19. The summed E-state index contributed by atoms with van der Waals surface area (Å²) in [5, 5.41) is 2.93. The van der Waals surface area contributed by atoms with Gasteiger partial charge in [0.15, 0.2) is 0 Å². The molecule has 1 fully saturated rings. The highest BCUT2D eigenvalue weighted by atomic mass is 19.1. The number of hydrogen-bond acceptors (Lipinski definition) is 4. The fourth-order valence-corrected chi connectivity index (χ4v) is 4.30. The van der Waals surface area contributed by atoms with Gasteiger partial charge in [0.1, 0.15) is 18.1 Å². The molecule has 1 N–H and O–H groups in total. The molecule has 2 heterocycles. The van der Waals surface area contributed by atoms with Crippen LogP contribution in [-0.2, 0) is 22.6 Å². The fraction of sp³-hybridized carbons (Fsp3) is 0.379. The Hall–Kier alpha value is -3.65. The van der Waals surface area contributed by atoms with E-state index in [2.05, 4.69) is 19.2 Å². The summed E-state index contributed by atoms with van der Waals surface area (Å²) in [5.41, 5.74) is 2.62. The number of rotatable bonds is 10. The maximum Gasteiger partial charge on any atom is 0.322 e. The summed E-state index contributed by atoms with van der Waals surface area (Å²) >= 11 is 0. The van der Waals surface area contributed by atoms with E-state index in [4.69, 9.17) is 9.15 Å². The van der Waals surface area contributed by atoms with Gasteiger partial charge in [-0.05, 0) is 66.3 Å². The average molecular weight is 508 g/mol. The quantitative estimate of drug-likeness (QED) is 0.377. The minimum absolute atomic E-state index is 0.113. The van der Waals surface area contributed by atoms with Crippen LogP contribution in [0, 0.1) is 5.82 Å². The molecule has 1 aliphatic rings. The van der Waals surface area contributed by atoms with Gasteiger partial charge in [-0.1, -0.05) is 38.1 Å². The van der Waals surface area contributed by atoms with Crippen molar-refractivity contribution in [2.24, 2.45) is 0 Å². The molecule has 1 unspecified atom stereocenters. The molecule has 37 heavy (non-hydrogen) atoms. The molecule has 0 aliphatic carbocycles. The molecule has 2 aromatic carbocycles. The van der Waals surface area contributed by atoms with E-state index in [0.29, 0.717) is 30.5 Å². The first-order valence-corrected chi connectivity index (χ1v) is 12.7. The Balaban J connectivity index is 1.49. The fourth-order valence-electron chi connectivity index (χ4n) is 4.30. The van der Waals surface area contributed by atoms with Crippen molar-refractivity contribution in [3.63, 3.8) is 0 Å². The number of urea groups is 1. The van der Waals surface area contributed by atoms with Gasteiger partial charge in [0, 0.05) is 25.4 Å². The van der Waals surface area contributed by atoms with Gasteiger partial charge in [-0.15, -0.1) is 0 Å². The third-order valence-electron chi connectivity index (χ3n) is 6.46. The number of carbonyl (C=O) groups excluding carboxylic acids is 2. The maximum absolute atomic E-state index is 13.5. The Labute approximate surface area is 217 Å². The van der Waals surface area contributed by atoms with Gasteiger partial charge in [-0.2, -0.15) is 0 Å². The molecule has 3 amide bonds. The van der Waals surface area contributed by atoms with E-state index in [1.807, 2.05) is 24.3 Å². The van der Waals surface area contributed by atoms with Crippen LogP contribution in [0.3, 0.4) is 0 Å². The van der Waals surface area contributed by atoms with Crippen molar-refractivity contribution in [1.29, 1.82) is 0 Å². The number of amides is 3. The molecule has 0 radical (unpaired) electrons. The number of anilines is 1. The van der Waals surface area contributed by atoms with Gasteiger partial charge in [0.25, 0.3) is 0 Å². The van der Waals surface area contributed by atoms with Crippen molar-refractivity contribution in [3.05, 3.63) is 89.6 Å². The molecular weight excluding hydrogens is 473 g/mol. The number of benzene rings is 2. The van der Waals surface area contributed by atoms with Gasteiger partial charge in [0.2, 0.25) is 5.91 Å². The van der Waals surface area contributed by atoms with Gasteiger partial charge >= 0.3 is 6.03 Å². The molecule has 8 heteroatoms. The normalized spacial score (nSPS) is 15.1. The number of hydrogen-bond donors (Lipinski definition) is 1. The van der Waals surface area contributed by atoms with E-state index < -0.39 is 0 Å². The van der Waals surface area contributed by atoms with Gasteiger partial charge in [-0.25, -0.2) is 9.18 Å². The van der Waals surface area contributed by atoms with E-state index in [1.54, 1.807) is 35.4 Å². The monoisotopic (exact) mass is 507 g/mol. The molecule has 1 atom stereocenters. The summed E-state index contributed by atoms with van der Waals surface area (Å²) in [6.45, 7) is 5.55. The first-order valence-electron chi connectivity index (χ1n) is 12.7. The highest BCUT2D eigenvalue weighted by molar-refractivity contribution is 5.92. The molecule has 196 valence electrons. The SMILES string of the molecule is CC(C)c1ccc(NC(=O)N(CC(=O)N(Cc2ccc(F)cc2)Cc2ccco2)CC2CCCO2)cc1. The van der Waals surface area contributed by atoms with Gasteiger partial charge < -0.3 is 24.3 Å². The topological polar surface area (TPSA) is 75.0 Å². The largest absolute Gasteiger partial charge is 0.467 e. The number of nitrogens with one attached hydrogen (secondary N) is 1. The first kappa shape index (κ1) is 26.4. The lowest BCUT2D eigenvalue weighted by molar-refractivity contribution is -0.133. The molecule has 1 aliphatic heterocycles. The predicted molar refractivity (Wildman–Crippen MR) is 139 cm³/mol. The predicted octanol–water partition coefficient (Wildman–Crippen LogP) is 5.78. The Morgan fingerprint density at radius 3 is 2.41 bits per heavy atom. The zero-order valence-electron chi connectivity index (χ0n) is 21.4. The molecule has 0 spiro atoms. The van der Waals surface area contributed by atoms with Crippen LogP contribution in [0.4, 0.5) is 14.9 Å². The molecule has 4 rings (SSSR count). The molecular formula is C29H34FN3O4. The van der Waals surface area contributed by atoms with Crippen LogP contribution in [0.5, 0.6) is 0 Å². The summed E-state index contributed by atoms with van der Waals surface area (Å²) in [4.78, 5) is 30.0. The average Bonchev–Trinajstić information content (AvgIpc) is 3.59. The summed E-state index contributed by atoms with van der Waals surface area (Å²) in [7, 11) is 0. The van der Waals surface area contributed by atoms with Crippen LogP contribution in [-0.4, -0.2) is 47.5 Å². The third-order valence-corrected chi connectivity index (χ3v) is 6.46. The zero-order chi connectivity index (χ0) is 26.2. The molecule has 0 saturated carbocycles. The number of carbonyl (C=O) groups is 2. The first-order chi connectivity index (χ1) is 17.9. The van der Waals surface area contributed by atoms with E-state index in [-0.39, 0.29) is 43.5 Å². The summed E-state index contributed by atoms with van der Waals surface area (Å²) in [6, 6.07) is 17.0. The number of halogens is 1. The van der Waals surface area contributed by atoms with Gasteiger partial charge in [-0.3, -0.25) is 4.79 Å². The lowest BCUT2D eigenvalue weighted by Crippen LogP contribution is -2.46. The van der Waals surface area contributed by atoms with Crippen LogP contribution >= 0.6 is 0 Å². The summed E-state index contributed by atoms with van der Waals surface area (Å²) in [6.07, 6.45) is 3.21. The number of ether oxygens (including phenoxy) is 1.